The number of benzene rings is 1. The van der Waals surface area contributed by atoms with E-state index in [0.717, 1.165) is 6.42 Å². The van der Waals surface area contributed by atoms with Crippen LogP contribution >= 0.6 is 0 Å². The van der Waals surface area contributed by atoms with Gasteiger partial charge in [-0.05, 0) is 25.3 Å². The Morgan fingerprint density at radius 3 is 2.55 bits per heavy atom. The van der Waals surface area contributed by atoms with Gasteiger partial charge in [-0.2, -0.15) is 4.39 Å². The highest BCUT2D eigenvalue weighted by molar-refractivity contribution is 5.95. The second-order valence-electron chi connectivity index (χ2n) is 5.19. The molecule has 1 aromatic rings. The molecule has 0 saturated carbocycles. The molecule has 1 fully saturated rings. The van der Waals surface area contributed by atoms with Crippen LogP contribution in [0.2, 0.25) is 0 Å². The standard InChI is InChI=1S/C13H14F2N2O3/c1-7-3-8(2)16(6-7)13(18)10-4-9(14)5-11(12(10)15)17(19)20/h4-5,7-8H,3,6H2,1-2H3. The Morgan fingerprint density at radius 1 is 1.40 bits per heavy atom. The van der Waals surface area contributed by atoms with Gasteiger partial charge >= 0.3 is 5.69 Å². The number of nitrogens with zero attached hydrogens (tertiary/aromatic N) is 2. The summed E-state index contributed by atoms with van der Waals surface area (Å²) < 4.78 is 27.3. The maximum Gasteiger partial charge on any atom is 0.308 e. The Kier molecular flexibility index (Phi) is 3.69. The van der Waals surface area contributed by atoms with Gasteiger partial charge in [-0.3, -0.25) is 14.9 Å². The topological polar surface area (TPSA) is 63.5 Å². The van der Waals surface area contributed by atoms with E-state index in [0.29, 0.717) is 18.7 Å². The largest absolute Gasteiger partial charge is 0.336 e. The minimum Gasteiger partial charge on any atom is -0.336 e. The molecule has 108 valence electrons. The second-order valence-corrected chi connectivity index (χ2v) is 5.19. The molecular weight excluding hydrogens is 270 g/mol. The fourth-order valence-corrected chi connectivity index (χ4v) is 2.60. The average molecular weight is 284 g/mol. The van der Waals surface area contributed by atoms with Crippen molar-refractivity contribution in [3.63, 3.8) is 0 Å². The van der Waals surface area contributed by atoms with Gasteiger partial charge in [-0.25, -0.2) is 4.39 Å². The molecule has 1 aromatic carbocycles. The third-order valence-corrected chi connectivity index (χ3v) is 3.49. The number of hydrogen-bond acceptors (Lipinski definition) is 3. The minimum atomic E-state index is -1.28. The number of nitro groups is 1. The number of halogens is 2. The summed E-state index contributed by atoms with van der Waals surface area (Å²) in [6, 6.07) is 1.09. The van der Waals surface area contributed by atoms with Gasteiger partial charge in [0.25, 0.3) is 5.91 Å². The first-order valence-electron chi connectivity index (χ1n) is 6.25. The molecule has 1 amide bonds. The number of hydrogen-bond donors (Lipinski definition) is 0. The lowest BCUT2D eigenvalue weighted by molar-refractivity contribution is -0.387. The number of amides is 1. The quantitative estimate of drug-likeness (QED) is 0.619. The molecule has 5 nitrogen and oxygen atoms in total. The van der Waals surface area contributed by atoms with Crippen molar-refractivity contribution in [2.45, 2.75) is 26.3 Å². The highest BCUT2D eigenvalue weighted by Gasteiger charge is 2.34. The Balaban J connectivity index is 2.42. The van der Waals surface area contributed by atoms with E-state index in [1.54, 1.807) is 0 Å². The van der Waals surface area contributed by atoms with Crippen molar-refractivity contribution in [2.24, 2.45) is 5.92 Å². The smallest absolute Gasteiger partial charge is 0.308 e. The molecule has 0 aromatic heterocycles. The third-order valence-electron chi connectivity index (χ3n) is 3.49. The first-order chi connectivity index (χ1) is 9.31. The summed E-state index contributed by atoms with van der Waals surface area (Å²) in [6.07, 6.45) is 0.769. The van der Waals surface area contributed by atoms with Gasteiger partial charge in [0.2, 0.25) is 5.82 Å². The summed E-state index contributed by atoms with van der Waals surface area (Å²) in [4.78, 5) is 23.3. The number of likely N-dealkylation sites (tertiary alicyclic amines) is 1. The van der Waals surface area contributed by atoms with Crippen LogP contribution < -0.4 is 0 Å². The predicted octanol–water partition coefficient (Wildman–Crippen LogP) is 2.74. The van der Waals surface area contributed by atoms with Gasteiger partial charge in [-0.1, -0.05) is 6.92 Å². The van der Waals surface area contributed by atoms with E-state index < -0.39 is 33.7 Å². The zero-order valence-corrected chi connectivity index (χ0v) is 11.1. The van der Waals surface area contributed by atoms with Crippen molar-refractivity contribution >= 4 is 11.6 Å². The fraction of sp³-hybridized carbons (Fsp3) is 0.462. The van der Waals surface area contributed by atoms with Crippen molar-refractivity contribution in [2.75, 3.05) is 6.54 Å². The van der Waals surface area contributed by atoms with Crippen molar-refractivity contribution in [1.82, 2.24) is 4.90 Å². The van der Waals surface area contributed by atoms with Crippen LogP contribution in [-0.2, 0) is 0 Å². The van der Waals surface area contributed by atoms with Crippen LogP contribution in [0, 0.1) is 27.7 Å². The van der Waals surface area contributed by atoms with Gasteiger partial charge in [0, 0.05) is 12.6 Å². The van der Waals surface area contributed by atoms with E-state index in [9.17, 15) is 23.7 Å². The van der Waals surface area contributed by atoms with E-state index in [-0.39, 0.29) is 12.0 Å². The average Bonchev–Trinajstić information content (AvgIpc) is 2.69. The fourth-order valence-electron chi connectivity index (χ4n) is 2.60. The van der Waals surface area contributed by atoms with E-state index >= 15 is 0 Å². The SMILES string of the molecule is CC1CC(C)N(C(=O)c2cc(F)cc([N+](=O)[O-])c2F)C1. The Hall–Kier alpha value is -2.05. The lowest BCUT2D eigenvalue weighted by Crippen LogP contribution is -2.34. The van der Waals surface area contributed by atoms with E-state index in [1.165, 1.54) is 4.90 Å². The third kappa shape index (κ3) is 2.48. The summed E-state index contributed by atoms with van der Waals surface area (Å²) in [6.45, 7) is 4.20. The molecule has 0 aliphatic carbocycles. The molecule has 0 spiro atoms. The highest BCUT2D eigenvalue weighted by atomic mass is 19.1. The number of rotatable bonds is 2. The zero-order chi connectivity index (χ0) is 15.0. The lowest BCUT2D eigenvalue weighted by Gasteiger charge is -2.21. The van der Waals surface area contributed by atoms with Gasteiger partial charge in [0.05, 0.1) is 16.6 Å². The van der Waals surface area contributed by atoms with Gasteiger partial charge in [0.1, 0.15) is 5.82 Å². The number of nitro benzene ring substituents is 1. The molecular formula is C13H14F2N2O3. The number of carbonyl (C=O) groups excluding carboxylic acids is 1. The Morgan fingerprint density at radius 2 is 2.05 bits per heavy atom. The van der Waals surface area contributed by atoms with Crippen molar-refractivity contribution < 1.29 is 18.5 Å². The molecule has 1 aliphatic heterocycles. The summed E-state index contributed by atoms with van der Waals surface area (Å²) in [7, 11) is 0. The Bertz CT molecular complexity index is 577. The predicted molar refractivity (Wildman–Crippen MR) is 67.3 cm³/mol. The molecule has 0 N–H and O–H groups in total. The monoisotopic (exact) mass is 284 g/mol. The van der Waals surface area contributed by atoms with Crippen molar-refractivity contribution in [1.29, 1.82) is 0 Å². The molecule has 1 aliphatic rings. The highest BCUT2D eigenvalue weighted by Crippen LogP contribution is 2.28. The molecule has 2 unspecified atom stereocenters. The summed E-state index contributed by atoms with van der Waals surface area (Å²) >= 11 is 0. The molecule has 2 atom stereocenters. The van der Waals surface area contributed by atoms with Crippen LogP contribution in [0.25, 0.3) is 0 Å². The molecule has 20 heavy (non-hydrogen) atoms. The van der Waals surface area contributed by atoms with Crippen LogP contribution in [0.5, 0.6) is 0 Å². The van der Waals surface area contributed by atoms with Gasteiger partial charge in [-0.15, -0.1) is 0 Å². The molecule has 0 bridgehead atoms. The molecule has 1 saturated heterocycles. The summed E-state index contributed by atoms with van der Waals surface area (Å²) in [5, 5.41) is 10.7. The second kappa shape index (κ2) is 5.15. The molecule has 2 rings (SSSR count). The minimum absolute atomic E-state index is 0.0979. The zero-order valence-electron chi connectivity index (χ0n) is 11.1. The van der Waals surface area contributed by atoms with Gasteiger partial charge in [0.15, 0.2) is 0 Å². The van der Waals surface area contributed by atoms with Gasteiger partial charge < -0.3 is 4.90 Å². The van der Waals surface area contributed by atoms with Crippen LogP contribution in [0.15, 0.2) is 12.1 Å². The summed E-state index contributed by atoms with van der Waals surface area (Å²) in [5.41, 5.74) is -1.61. The van der Waals surface area contributed by atoms with Crippen LogP contribution in [0.1, 0.15) is 30.6 Å². The van der Waals surface area contributed by atoms with Crippen LogP contribution in [-0.4, -0.2) is 28.3 Å². The summed E-state index contributed by atoms with van der Waals surface area (Å²) in [5.74, 6) is -2.72. The molecule has 7 heteroatoms. The van der Waals surface area contributed by atoms with Crippen LogP contribution in [0.3, 0.4) is 0 Å². The first kappa shape index (κ1) is 14.4. The normalized spacial score (nSPS) is 22.1. The number of carbonyl (C=O) groups is 1. The van der Waals surface area contributed by atoms with Crippen molar-refractivity contribution in [3.05, 3.63) is 39.4 Å². The first-order valence-corrected chi connectivity index (χ1v) is 6.25. The van der Waals surface area contributed by atoms with E-state index in [4.69, 9.17) is 0 Å². The van der Waals surface area contributed by atoms with Crippen LogP contribution in [0.4, 0.5) is 14.5 Å². The maximum absolute atomic E-state index is 14.0. The Labute approximate surface area is 114 Å². The maximum atomic E-state index is 14.0. The van der Waals surface area contributed by atoms with E-state index in [1.807, 2.05) is 13.8 Å². The molecule has 0 radical (unpaired) electrons. The lowest BCUT2D eigenvalue weighted by atomic mass is 10.1. The van der Waals surface area contributed by atoms with E-state index in [2.05, 4.69) is 0 Å². The van der Waals surface area contributed by atoms with Crippen molar-refractivity contribution in [3.8, 4) is 0 Å². The molecule has 1 heterocycles.